The number of benzene rings is 3. The number of ether oxygens (including phenoxy) is 1. The maximum absolute atomic E-state index is 13.4. The van der Waals surface area contributed by atoms with Crippen molar-refractivity contribution in [1.82, 2.24) is 9.88 Å². The number of aliphatic hydroxyl groups is 1. The van der Waals surface area contributed by atoms with Gasteiger partial charge in [0.2, 0.25) is 0 Å². The highest BCUT2D eigenvalue weighted by molar-refractivity contribution is 6.46. The minimum Gasteiger partial charge on any atom is -0.507 e. The van der Waals surface area contributed by atoms with E-state index in [0.29, 0.717) is 17.9 Å². The number of hydrogen-bond donors (Lipinski definition) is 1. The molecule has 6 heteroatoms. The summed E-state index contributed by atoms with van der Waals surface area (Å²) in [7, 11) is 0. The van der Waals surface area contributed by atoms with Crippen molar-refractivity contribution in [2.45, 2.75) is 33.0 Å². The number of likely N-dealkylation sites (tertiary alicyclic amines) is 1. The van der Waals surface area contributed by atoms with Crippen molar-refractivity contribution in [3.8, 4) is 5.75 Å². The molecule has 1 fully saturated rings. The molecule has 1 saturated heterocycles. The van der Waals surface area contributed by atoms with Crippen LogP contribution in [0, 0.1) is 13.8 Å². The number of nitrogens with zero attached hydrogens (tertiary/aromatic N) is 2. The molecule has 1 N–H and O–H groups in total. The summed E-state index contributed by atoms with van der Waals surface area (Å²) in [6.07, 6.45) is 3.33. The predicted molar refractivity (Wildman–Crippen MR) is 145 cm³/mol. The summed E-state index contributed by atoms with van der Waals surface area (Å²) < 4.78 is 5.98. The Hall–Kier alpha value is -4.71. The molecule has 1 unspecified atom stereocenters. The van der Waals surface area contributed by atoms with Gasteiger partial charge in [0.1, 0.15) is 18.1 Å². The average Bonchev–Trinajstić information content (AvgIpc) is 3.18. The lowest BCUT2D eigenvalue weighted by Gasteiger charge is -2.26. The quantitative estimate of drug-likeness (QED) is 0.193. The first kappa shape index (κ1) is 25.0. The van der Waals surface area contributed by atoms with E-state index in [1.54, 1.807) is 36.7 Å². The Kier molecular flexibility index (Phi) is 7.05. The summed E-state index contributed by atoms with van der Waals surface area (Å²) in [5, 5.41) is 11.5. The third-order valence-electron chi connectivity index (χ3n) is 6.78. The molecule has 0 saturated carbocycles. The predicted octanol–water partition coefficient (Wildman–Crippen LogP) is 5.90. The Balaban J connectivity index is 1.53. The summed E-state index contributed by atoms with van der Waals surface area (Å²) in [6, 6.07) is 25.6. The molecule has 0 aliphatic carbocycles. The summed E-state index contributed by atoms with van der Waals surface area (Å²) in [5.74, 6) is -0.884. The smallest absolute Gasteiger partial charge is 0.295 e. The number of ketones is 1. The van der Waals surface area contributed by atoms with Crippen LogP contribution in [0.15, 0.2) is 103 Å². The van der Waals surface area contributed by atoms with Crippen LogP contribution in [0.3, 0.4) is 0 Å². The first-order valence-electron chi connectivity index (χ1n) is 12.4. The Morgan fingerprint density at radius 3 is 2.34 bits per heavy atom. The topological polar surface area (TPSA) is 79.7 Å². The molecule has 3 aromatic carbocycles. The SMILES string of the molecule is Cc1cc(/C(O)=C2\C(=O)C(=O)N(Cc3cccnc3)C2c2ccccc2C)ccc1OCc1ccccc1. The van der Waals surface area contributed by atoms with E-state index >= 15 is 0 Å². The van der Waals surface area contributed by atoms with Gasteiger partial charge in [0, 0.05) is 24.5 Å². The number of carbonyl (C=O) groups excluding carboxylic acids is 2. The number of aromatic nitrogens is 1. The lowest BCUT2D eigenvalue weighted by atomic mass is 9.92. The fraction of sp³-hybridized carbons (Fsp3) is 0.156. The second-order valence-electron chi connectivity index (χ2n) is 9.40. The van der Waals surface area contributed by atoms with Crippen molar-refractivity contribution in [3.05, 3.63) is 136 Å². The Morgan fingerprint density at radius 2 is 1.63 bits per heavy atom. The molecule has 190 valence electrons. The highest BCUT2D eigenvalue weighted by Gasteiger charge is 2.46. The second kappa shape index (κ2) is 10.7. The van der Waals surface area contributed by atoms with Crippen LogP contribution >= 0.6 is 0 Å². The fourth-order valence-corrected chi connectivity index (χ4v) is 4.80. The molecule has 4 aromatic rings. The van der Waals surface area contributed by atoms with E-state index in [9.17, 15) is 14.7 Å². The van der Waals surface area contributed by atoms with Gasteiger partial charge in [-0.25, -0.2) is 0 Å². The van der Waals surface area contributed by atoms with E-state index < -0.39 is 17.7 Å². The van der Waals surface area contributed by atoms with Gasteiger partial charge in [-0.2, -0.15) is 0 Å². The fourth-order valence-electron chi connectivity index (χ4n) is 4.80. The van der Waals surface area contributed by atoms with Gasteiger partial charge >= 0.3 is 0 Å². The van der Waals surface area contributed by atoms with Crippen molar-refractivity contribution < 1.29 is 19.4 Å². The van der Waals surface area contributed by atoms with Crippen LogP contribution in [0.1, 0.15) is 39.4 Å². The third kappa shape index (κ3) is 4.93. The van der Waals surface area contributed by atoms with Crippen LogP contribution in [-0.4, -0.2) is 26.7 Å². The minimum atomic E-state index is -0.731. The average molecular weight is 505 g/mol. The number of aliphatic hydroxyl groups excluding tert-OH is 1. The molecule has 38 heavy (non-hydrogen) atoms. The number of pyridine rings is 1. The molecule has 1 atom stereocenters. The molecular weight excluding hydrogens is 476 g/mol. The second-order valence-corrected chi connectivity index (χ2v) is 9.40. The number of carbonyl (C=O) groups is 2. The van der Waals surface area contributed by atoms with Gasteiger partial charge in [0.25, 0.3) is 11.7 Å². The Labute approximate surface area is 221 Å². The molecule has 6 nitrogen and oxygen atoms in total. The number of aryl methyl sites for hydroxylation is 2. The summed E-state index contributed by atoms with van der Waals surface area (Å²) in [4.78, 5) is 32.3. The molecule has 1 aliphatic heterocycles. The zero-order valence-corrected chi connectivity index (χ0v) is 21.3. The number of hydrogen-bond acceptors (Lipinski definition) is 5. The van der Waals surface area contributed by atoms with Gasteiger partial charge in [0.15, 0.2) is 0 Å². The molecule has 2 heterocycles. The number of rotatable bonds is 7. The normalized spacial score (nSPS) is 16.6. The minimum absolute atomic E-state index is 0.0746. The summed E-state index contributed by atoms with van der Waals surface area (Å²) >= 11 is 0. The molecule has 1 aromatic heterocycles. The summed E-state index contributed by atoms with van der Waals surface area (Å²) in [5.41, 5.74) is 4.88. The molecule has 0 radical (unpaired) electrons. The zero-order valence-electron chi connectivity index (χ0n) is 21.3. The number of Topliss-reactive ketones (excluding diaryl/α,β-unsaturated/α-hetero) is 1. The lowest BCUT2D eigenvalue weighted by molar-refractivity contribution is -0.140. The Bertz CT molecular complexity index is 1510. The zero-order chi connectivity index (χ0) is 26.6. The van der Waals surface area contributed by atoms with Crippen molar-refractivity contribution in [1.29, 1.82) is 0 Å². The van der Waals surface area contributed by atoms with Gasteiger partial charge in [-0.05, 0) is 65.9 Å². The van der Waals surface area contributed by atoms with Gasteiger partial charge in [0.05, 0.1) is 11.6 Å². The van der Waals surface area contributed by atoms with E-state index in [4.69, 9.17) is 4.74 Å². The van der Waals surface area contributed by atoms with E-state index in [-0.39, 0.29) is 17.9 Å². The van der Waals surface area contributed by atoms with Gasteiger partial charge in [-0.1, -0.05) is 60.7 Å². The number of amides is 1. The van der Waals surface area contributed by atoms with Crippen LogP contribution in [0.25, 0.3) is 5.76 Å². The molecule has 1 aliphatic rings. The van der Waals surface area contributed by atoms with Crippen molar-refractivity contribution >= 4 is 17.4 Å². The largest absolute Gasteiger partial charge is 0.507 e. The van der Waals surface area contributed by atoms with Crippen molar-refractivity contribution in [2.75, 3.05) is 0 Å². The van der Waals surface area contributed by atoms with Crippen LogP contribution < -0.4 is 4.74 Å². The molecular formula is C32H28N2O4. The van der Waals surface area contributed by atoms with E-state index in [0.717, 1.165) is 27.8 Å². The van der Waals surface area contributed by atoms with Gasteiger partial charge in [-0.3, -0.25) is 14.6 Å². The molecule has 0 spiro atoms. The van der Waals surface area contributed by atoms with Crippen LogP contribution in [0.2, 0.25) is 0 Å². The first-order chi connectivity index (χ1) is 18.4. The highest BCUT2D eigenvalue weighted by Crippen LogP contribution is 2.41. The summed E-state index contributed by atoms with van der Waals surface area (Å²) in [6.45, 7) is 4.43. The standard InChI is InChI=1S/C32H28N2O4/c1-21-9-6-7-13-26(21)29-28(31(36)32(37)34(29)19-24-12-8-16-33-18-24)30(35)25-14-15-27(22(2)17-25)38-20-23-10-4-3-5-11-23/h3-18,29,35H,19-20H2,1-2H3/b30-28+. The van der Waals surface area contributed by atoms with Crippen LogP contribution in [-0.2, 0) is 22.7 Å². The van der Waals surface area contributed by atoms with Crippen LogP contribution in [0.4, 0.5) is 0 Å². The van der Waals surface area contributed by atoms with E-state index in [2.05, 4.69) is 4.98 Å². The van der Waals surface area contributed by atoms with Crippen molar-refractivity contribution in [2.24, 2.45) is 0 Å². The van der Waals surface area contributed by atoms with Crippen molar-refractivity contribution in [3.63, 3.8) is 0 Å². The van der Waals surface area contributed by atoms with Gasteiger partial charge in [-0.15, -0.1) is 0 Å². The first-order valence-corrected chi connectivity index (χ1v) is 12.4. The maximum Gasteiger partial charge on any atom is 0.295 e. The molecule has 0 bridgehead atoms. The Morgan fingerprint density at radius 1 is 0.895 bits per heavy atom. The highest BCUT2D eigenvalue weighted by atomic mass is 16.5. The van der Waals surface area contributed by atoms with Gasteiger partial charge < -0.3 is 14.7 Å². The maximum atomic E-state index is 13.4. The monoisotopic (exact) mass is 504 g/mol. The lowest BCUT2D eigenvalue weighted by Crippen LogP contribution is -2.29. The van der Waals surface area contributed by atoms with E-state index in [1.807, 2.05) is 74.5 Å². The third-order valence-corrected chi connectivity index (χ3v) is 6.78. The van der Waals surface area contributed by atoms with Crippen LogP contribution in [0.5, 0.6) is 5.75 Å². The molecule has 5 rings (SSSR count). The van der Waals surface area contributed by atoms with E-state index in [1.165, 1.54) is 4.90 Å². The molecule has 1 amide bonds.